The Labute approximate surface area is 72.1 Å². The summed E-state index contributed by atoms with van der Waals surface area (Å²) in [5, 5.41) is 1.13. The monoisotopic (exact) mass is 219 g/mol. The van der Waals surface area contributed by atoms with Crippen molar-refractivity contribution in [3.8, 4) is 0 Å². The highest BCUT2D eigenvalue weighted by Gasteiger charge is 2.05. The topological polar surface area (TPSA) is 42.1 Å². The van der Waals surface area contributed by atoms with Gasteiger partial charge < -0.3 is 0 Å². The van der Waals surface area contributed by atoms with Crippen LogP contribution in [0.5, 0.6) is 0 Å². The number of nitrogens with zero attached hydrogens (tertiary/aromatic N) is 2. The SMILES string of the molecule is CN(N)c1ncc(Br)cc1F. The third-order valence-corrected chi connectivity index (χ3v) is 1.56. The Morgan fingerprint density at radius 2 is 2.36 bits per heavy atom. The summed E-state index contributed by atoms with van der Waals surface area (Å²) >= 11 is 3.08. The molecule has 1 aromatic rings. The first-order valence-corrected chi connectivity index (χ1v) is 3.70. The van der Waals surface area contributed by atoms with Crippen LogP contribution in [0.3, 0.4) is 0 Å². The highest BCUT2D eigenvalue weighted by Crippen LogP contribution is 2.16. The molecule has 0 amide bonds. The van der Waals surface area contributed by atoms with Gasteiger partial charge in [0.2, 0.25) is 0 Å². The average molecular weight is 220 g/mol. The molecule has 1 rings (SSSR count). The molecule has 2 N–H and O–H groups in total. The third-order valence-electron chi connectivity index (χ3n) is 1.12. The molecule has 0 radical (unpaired) electrons. The van der Waals surface area contributed by atoms with Gasteiger partial charge in [-0.1, -0.05) is 0 Å². The van der Waals surface area contributed by atoms with E-state index in [4.69, 9.17) is 5.84 Å². The Hall–Kier alpha value is -0.680. The summed E-state index contributed by atoms with van der Waals surface area (Å²) < 4.78 is 13.5. The first-order chi connectivity index (χ1) is 5.11. The van der Waals surface area contributed by atoms with E-state index in [9.17, 15) is 4.39 Å². The summed E-state index contributed by atoms with van der Waals surface area (Å²) in [4.78, 5) is 3.76. The normalized spacial score (nSPS) is 9.82. The Bertz CT molecular complexity index is 264. The van der Waals surface area contributed by atoms with E-state index in [1.165, 1.54) is 19.3 Å². The zero-order valence-corrected chi connectivity index (χ0v) is 7.47. The van der Waals surface area contributed by atoms with Crippen LogP contribution in [0, 0.1) is 5.82 Å². The highest BCUT2D eigenvalue weighted by atomic mass is 79.9. The zero-order chi connectivity index (χ0) is 8.43. The standard InChI is InChI=1S/C6H7BrFN3/c1-11(9)6-5(8)2-4(7)3-10-6/h2-3H,9H2,1H3. The molecule has 0 atom stereocenters. The molecule has 3 nitrogen and oxygen atoms in total. The predicted octanol–water partition coefficient (Wildman–Crippen LogP) is 1.29. The van der Waals surface area contributed by atoms with Gasteiger partial charge in [-0.25, -0.2) is 15.2 Å². The first-order valence-electron chi connectivity index (χ1n) is 2.90. The van der Waals surface area contributed by atoms with E-state index in [1.54, 1.807) is 0 Å². The highest BCUT2D eigenvalue weighted by molar-refractivity contribution is 9.10. The molecule has 0 saturated heterocycles. The summed E-state index contributed by atoms with van der Waals surface area (Å²) in [7, 11) is 1.53. The molecule has 0 aliphatic rings. The van der Waals surface area contributed by atoms with Crippen molar-refractivity contribution in [2.24, 2.45) is 5.84 Å². The van der Waals surface area contributed by atoms with Crippen LogP contribution in [0.1, 0.15) is 0 Å². The molecule has 60 valence electrons. The predicted molar refractivity (Wildman–Crippen MR) is 44.5 cm³/mol. The number of hydrazine groups is 1. The molecule has 0 aliphatic carbocycles. The van der Waals surface area contributed by atoms with E-state index in [0.717, 1.165) is 5.01 Å². The molecule has 0 aliphatic heterocycles. The van der Waals surface area contributed by atoms with Gasteiger partial charge in [-0.3, -0.25) is 5.01 Å². The van der Waals surface area contributed by atoms with Crippen molar-refractivity contribution in [3.63, 3.8) is 0 Å². The van der Waals surface area contributed by atoms with Crippen LogP contribution in [0.4, 0.5) is 10.2 Å². The van der Waals surface area contributed by atoms with Gasteiger partial charge in [-0.2, -0.15) is 0 Å². The maximum Gasteiger partial charge on any atom is 0.178 e. The zero-order valence-electron chi connectivity index (χ0n) is 5.88. The van der Waals surface area contributed by atoms with E-state index in [-0.39, 0.29) is 5.82 Å². The quantitative estimate of drug-likeness (QED) is 0.572. The molecular weight excluding hydrogens is 213 g/mol. The van der Waals surface area contributed by atoms with Gasteiger partial charge in [0, 0.05) is 17.7 Å². The Balaban J connectivity index is 3.09. The van der Waals surface area contributed by atoms with Crippen LogP contribution >= 0.6 is 15.9 Å². The largest absolute Gasteiger partial charge is 0.296 e. The van der Waals surface area contributed by atoms with Gasteiger partial charge in [-0.15, -0.1) is 0 Å². The second-order valence-electron chi connectivity index (χ2n) is 2.07. The minimum absolute atomic E-state index is 0.133. The average Bonchev–Trinajstić information content (AvgIpc) is 1.85. The van der Waals surface area contributed by atoms with Crippen molar-refractivity contribution in [1.82, 2.24) is 4.98 Å². The Morgan fingerprint density at radius 1 is 1.73 bits per heavy atom. The van der Waals surface area contributed by atoms with Gasteiger partial charge in [-0.05, 0) is 22.0 Å². The summed E-state index contributed by atoms with van der Waals surface area (Å²) in [5.41, 5.74) is 0. The number of hydrogen-bond donors (Lipinski definition) is 1. The van der Waals surface area contributed by atoms with Crippen LogP contribution in [0.25, 0.3) is 0 Å². The molecular formula is C6H7BrFN3. The lowest BCUT2D eigenvalue weighted by atomic mass is 10.4. The second-order valence-corrected chi connectivity index (χ2v) is 2.99. The van der Waals surface area contributed by atoms with Crippen molar-refractivity contribution >= 4 is 21.7 Å². The molecule has 0 spiro atoms. The maximum absolute atomic E-state index is 12.9. The number of halogens is 2. The van der Waals surface area contributed by atoms with E-state index in [1.807, 2.05) is 0 Å². The molecule has 11 heavy (non-hydrogen) atoms. The maximum atomic E-state index is 12.9. The van der Waals surface area contributed by atoms with Gasteiger partial charge in [0.05, 0.1) is 0 Å². The van der Waals surface area contributed by atoms with E-state index >= 15 is 0 Å². The van der Waals surface area contributed by atoms with Crippen LogP contribution in [-0.2, 0) is 0 Å². The molecule has 5 heteroatoms. The lowest BCUT2D eigenvalue weighted by molar-refractivity contribution is 0.616. The summed E-state index contributed by atoms with van der Waals surface area (Å²) in [6.45, 7) is 0. The van der Waals surface area contributed by atoms with Crippen LogP contribution in [-0.4, -0.2) is 12.0 Å². The molecule has 0 fully saturated rings. The van der Waals surface area contributed by atoms with E-state index in [2.05, 4.69) is 20.9 Å². The van der Waals surface area contributed by atoms with Crippen LogP contribution < -0.4 is 10.9 Å². The summed E-state index contributed by atoms with van der Waals surface area (Å²) in [5.74, 6) is 4.97. The molecule has 0 saturated carbocycles. The summed E-state index contributed by atoms with van der Waals surface area (Å²) in [6.07, 6.45) is 1.49. The van der Waals surface area contributed by atoms with Crippen LogP contribution in [0.2, 0.25) is 0 Å². The lowest BCUT2D eigenvalue weighted by Gasteiger charge is -2.10. The number of anilines is 1. The molecule has 0 bridgehead atoms. The number of nitrogens with two attached hydrogens (primary N) is 1. The Kier molecular flexibility index (Phi) is 2.41. The van der Waals surface area contributed by atoms with Crippen LogP contribution in [0.15, 0.2) is 16.7 Å². The van der Waals surface area contributed by atoms with Crippen molar-refractivity contribution in [3.05, 3.63) is 22.6 Å². The van der Waals surface area contributed by atoms with Crippen molar-refractivity contribution in [1.29, 1.82) is 0 Å². The summed E-state index contributed by atoms with van der Waals surface area (Å²) in [6, 6.07) is 1.31. The number of pyridine rings is 1. The van der Waals surface area contributed by atoms with Gasteiger partial charge in [0.15, 0.2) is 11.6 Å². The molecule has 1 aromatic heterocycles. The van der Waals surface area contributed by atoms with Gasteiger partial charge in [0.25, 0.3) is 0 Å². The third kappa shape index (κ3) is 1.87. The lowest BCUT2D eigenvalue weighted by Crippen LogP contribution is -2.27. The fourth-order valence-electron chi connectivity index (χ4n) is 0.667. The first kappa shape index (κ1) is 8.42. The number of aromatic nitrogens is 1. The smallest absolute Gasteiger partial charge is 0.178 e. The van der Waals surface area contributed by atoms with Gasteiger partial charge >= 0.3 is 0 Å². The molecule has 1 heterocycles. The fraction of sp³-hybridized carbons (Fsp3) is 0.167. The van der Waals surface area contributed by atoms with Crippen molar-refractivity contribution < 1.29 is 4.39 Å². The second kappa shape index (κ2) is 3.15. The number of hydrogen-bond acceptors (Lipinski definition) is 3. The molecule has 0 aromatic carbocycles. The van der Waals surface area contributed by atoms with Gasteiger partial charge in [0.1, 0.15) is 0 Å². The van der Waals surface area contributed by atoms with E-state index in [0.29, 0.717) is 4.47 Å². The number of rotatable bonds is 1. The minimum Gasteiger partial charge on any atom is -0.296 e. The van der Waals surface area contributed by atoms with E-state index < -0.39 is 5.82 Å². The van der Waals surface area contributed by atoms with Crippen molar-refractivity contribution in [2.75, 3.05) is 12.1 Å². The fourth-order valence-corrected chi connectivity index (χ4v) is 0.970. The molecule has 0 unspecified atom stereocenters. The minimum atomic E-state index is -0.440. The van der Waals surface area contributed by atoms with Crippen molar-refractivity contribution in [2.45, 2.75) is 0 Å². The Morgan fingerprint density at radius 3 is 2.82 bits per heavy atom.